The Hall–Kier alpha value is -2.44. The van der Waals surface area contributed by atoms with E-state index in [4.69, 9.17) is 5.73 Å². The summed E-state index contributed by atoms with van der Waals surface area (Å²) in [7, 11) is 0. The van der Waals surface area contributed by atoms with E-state index >= 15 is 0 Å². The minimum Gasteiger partial charge on any atom is -0.332 e. The predicted octanol–water partition coefficient (Wildman–Crippen LogP) is 0.881. The summed E-state index contributed by atoms with van der Waals surface area (Å²) in [5.41, 5.74) is 6.21. The Balaban J connectivity index is 1.65. The first-order valence-corrected chi connectivity index (χ1v) is 8.19. The lowest BCUT2D eigenvalue weighted by Crippen LogP contribution is -2.52. The van der Waals surface area contributed by atoms with E-state index in [1.807, 2.05) is 42.5 Å². The number of nitrogens with two attached hydrogens (primary N) is 1. The van der Waals surface area contributed by atoms with E-state index in [9.17, 15) is 9.59 Å². The first-order valence-electron chi connectivity index (χ1n) is 8.19. The van der Waals surface area contributed by atoms with Gasteiger partial charge in [0.2, 0.25) is 0 Å². The minimum atomic E-state index is -0.585. The molecule has 1 aliphatic heterocycles. The molecule has 2 aromatic rings. The highest BCUT2D eigenvalue weighted by molar-refractivity contribution is 6.40. The molecule has 2 aromatic carbocycles. The van der Waals surface area contributed by atoms with Gasteiger partial charge in [-0.1, -0.05) is 36.4 Å². The summed E-state index contributed by atoms with van der Waals surface area (Å²) in [6.45, 7) is 4.05. The third kappa shape index (κ3) is 3.55. The molecule has 2 amide bonds. The summed E-state index contributed by atoms with van der Waals surface area (Å²) < 4.78 is 0. The van der Waals surface area contributed by atoms with Crippen LogP contribution in [0.2, 0.25) is 0 Å². The molecule has 6 heteroatoms. The fraction of sp³-hybridized carbons (Fsp3) is 0.333. The number of nitrogens with zero attached hydrogens (tertiary/aromatic N) is 2. The van der Waals surface area contributed by atoms with E-state index in [2.05, 4.69) is 10.2 Å². The number of carbonyl (C=O) groups excluding carboxylic acids is 2. The second-order valence-electron chi connectivity index (χ2n) is 5.90. The summed E-state index contributed by atoms with van der Waals surface area (Å²) in [5.74, 6) is -1.06. The van der Waals surface area contributed by atoms with Crippen molar-refractivity contribution in [2.45, 2.75) is 0 Å². The van der Waals surface area contributed by atoms with Gasteiger partial charge in [0.15, 0.2) is 0 Å². The highest BCUT2D eigenvalue weighted by atomic mass is 16.2. The van der Waals surface area contributed by atoms with Crippen LogP contribution in [0, 0.1) is 0 Å². The summed E-state index contributed by atoms with van der Waals surface area (Å²) in [6, 6.07) is 13.4. The minimum absolute atomic E-state index is 0.477. The van der Waals surface area contributed by atoms with Gasteiger partial charge in [0.25, 0.3) is 0 Å². The van der Waals surface area contributed by atoms with Gasteiger partial charge < -0.3 is 16.0 Å². The molecule has 1 heterocycles. The maximum absolute atomic E-state index is 12.4. The highest BCUT2D eigenvalue weighted by Gasteiger charge is 2.26. The van der Waals surface area contributed by atoms with Gasteiger partial charge >= 0.3 is 11.8 Å². The zero-order valence-corrected chi connectivity index (χ0v) is 13.6. The van der Waals surface area contributed by atoms with Gasteiger partial charge in [-0.3, -0.25) is 14.5 Å². The van der Waals surface area contributed by atoms with Gasteiger partial charge in [-0.05, 0) is 11.5 Å². The van der Waals surface area contributed by atoms with Crippen molar-refractivity contribution in [1.82, 2.24) is 9.80 Å². The summed E-state index contributed by atoms with van der Waals surface area (Å²) >= 11 is 0. The largest absolute Gasteiger partial charge is 0.332 e. The third-order valence-electron chi connectivity index (χ3n) is 4.34. The van der Waals surface area contributed by atoms with Gasteiger partial charge in [0, 0.05) is 50.3 Å². The van der Waals surface area contributed by atoms with Crippen LogP contribution in [0.25, 0.3) is 10.8 Å². The average Bonchev–Trinajstić information content (AvgIpc) is 2.62. The number of anilines is 1. The van der Waals surface area contributed by atoms with Crippen LogP contribution in [0.1, 0.15) is 0 Å². The molecule has 126 valence electrons. The smallest absolute Gasteiger partial charge is 0.313 e. The Labute approximate surface area is 141 Å². The first kappa shape index (κ1) is 16.4. The van der Waals surface area contributed by atoms with Crippen LogP contribution in [0.4, 0.5) is 5.69 Å². The molecule has 24 heavy (non-hydrogen) atoms. The lowest BCUT2D eigenvalue weighted by Gasteiger charge is -2.34. The number of benzene rings is 2. The molecule has 0 aliphatic carbocycles. The van der Waals surface area contributed by atoms with Gasteiger partial charge in [0.1, 0.15) is 0 Å². The normalized spacial score (nSPS) is 15.5. The number of amides is 2. The number of nitrogens with one attached hydrogen (secondary N) is 1. The lowest BCUT2D eigenvalue weighted by molar-refractivity contribution is -0.144. The van der Waals surface area contributed by atoms with E-state index in [-0.39, 0.29) is 0 Å². The van der Waals surface area contributed by atoms with Crippen LogP contribution >= 0.6 is 0 Å². The van der Waals surface area contributed by atoms with E-state index in [0.29, 0.717) is 25.3 Å². The topological polar surface area (TPSA) is 78.7 Å². The fourth-order valence-corrected chi connectivity index (χ4v) is 3.01. The Morgan fingerprint density at radius 2 is 1.71 bits per heavy atom. The zero-order valence-electron chi connectivity index (χ0n) is 13.6. The van der Waals surface area contributed by atoms with E-state index in [1.165, 1.54) is 0 Å². The second-order valence-corrected chi connectivity index (χ2v) is 5.90. The summed E-state index contributed by atoms with van der Waals surface area (Å²) in [4.78, 5) is 28.5. The Bertz CT molecular complexity index is 733. The molecule has 6 nitrogen and oxygen atoms in total. The van der Waals surface area contributed by atoms with Crippen molar-refractivity contribution in [2.24, 2.45) is 5.73 Å². The van der Waals surface area contributed by atoms with Crippen molar-refractivity contribution in [3.05, 3.63) is 42.5 Å². The van der Waals surface area contributed by atoms with E-state index in [0.717, 1.165) is 30.4 Å². The molecule has 1 aliphatic rings. The van der Waals surface area contributed by atoms with Crippen LogP contribution in [-0.2, 0) is 9.59 Å². The Morgan fingerprint density at radius 1 is 1.00 bits per heavy atom. The van der Waals surface area contributed by atoms with Crippen molar-refractivity contribution in [3.63, 3.8) is 0 Å². The number of rotatable bonds is 3. The van der Waals surface area contributed by atoms with Crippen molar-refractivity contribution in [2.75, 3.05) is 44.6 Å². The summed E-state index contributed by atoms with van der Waals surface area (Å²) in [6.07, 6.45) is 0. The number of piperazine rings is 1. The monoisotopic (exact) mass is 326 g/mol. The molecule has 3 rings (SSSR count). The predicted molar refractivity (Wildman–Crippen MR) is 94.7 cm³/mol. The Morgan fingerprint density at radius 3 is 2.46 bits per heavy atom. The molecule has 0 aromatic heterocycles. The van der Waals surface area contributed by atoms with Crippen molar-refractivity contribution >= 4 is 28.3 Å². The van der Waals surface area contributed by atoms with Crippen LogP contribution in [-0.4, -0.2) is 60.9 Å². The molecule has 0 bridgehead atoms. The summed E-state index contributed by atoms with van der Waals surface area (Å²) in [5, 5.41) is 4.71. The van der Waals surface area contributed by atoms with Gasteiger partial charge in [-0.15, -0.1) is 0 Å². The van der Waals surface area contributed by atoms with Gasteiger partial charge in [-0.2, -0.15) is 0 Å². The molecule has 0 radical (unpaired) electrons. The lowest BCUT2D eigenvalue weighted by atomic mass is 10.1. The van der Waals surface area contributed by atoms with Crippen molar-refractivity contribution in [3.8, 4) is 0 Å². The van der Waals surface area contributed by atoms with Gasteiger partial charge in [0.05, 0.1) is 0 Å². The molecular formula is C18H22N4O2. The van der Waals surface area contributed by atoms with Crippen LogP contribution in [0.5, 0.6) is 0 Å². The molecule has 0 spiro atoms. The van der Waals surface area contributed by atoms with Crippen LogP contribution < -0.4 is 11.1 Å². The number of hydrogen-bond acceptors (Lipinski definition) is 4. The highest BCUT2D eigenvalue weighted by Crippen LogP contribution is 2.22. The molecule has 0 saturated carbocycles. The second kappa shape index (κ2) is 7.42. The standard InChI is InChI=1S/C18H22N4O2/c19-8-9-21-10-12-22(13-11-21)18(24)17(23)20-16-7-3-5-14-4-1-2-6-15(14)16/h1-7H,8-13,19H2,(H,20,23). The number of carbonyl (C=O) groups is 2. The SMILES string of the molecule is NCCN1CCN(C(=O)C(=O)Nc2cccc3ccccc23)CC1. The molecule has 3 N–H and O–H groups in total. The van der Waals surface area contributed by atoms with E-state index < -0.39 is 11.8 Å². The maximum Gasteiger partial charge on any atom is 0.313 e. The van der Waals surface area contributed by atoms with Crippen molar-refractivity contribution < 1.29 is 9.59 Å². The third-order valence-corrected chi connectivity index (χ3v) is 4.34. The Kier molecular flexibility index (Phi) is 5.08. The maximum atomic E-state index is 12.4. The quantitative estimate of drug-likeness (QED) is 0.821. The van der Waals surface area contributed by atoms with E-state index in [1.54, 1.807) is 4.90 Å². The number of fused-ring (bicyclic) bond motifs is 1. The molecule has 1 fully saturated rings. The fourth-order valence-electron chi connectivity index (χ4n) is 3.01. The molecular weight excluding hydrogens is 304 g/mol. The zero-order chi connectivity index (χ0) is 16.9. The average molecular weight is 326 g/mol. The molecule has 1 saturated heterocycles. The van der Waals surface area contributed by atoms with Gasteiger partial charge in [-0.25, -0.2) is 0 Å². The first-order chi connectivity index (χ1) is 11.7. The van der Waals surface area contributed by atoms with Crippen molar-refractivity contribution in [1.29, 1.82) is 0 Å². The van der Waals surface area contributed by atoms with Crippen LogP contribution in [0.15, 0.2) is 42.5 Å². The molecule has 0 atom stereocenters. The molecule has 0 unspecified atom stereocenters. The number of hydrogen-bond donors (Lipinski definition) is 2. The van der Waals surface area contributed by atoms with Crippen LogP contribution in [0.3, 0.4) is 0 Å².